The van der Waals surface area contributed by atoms with Crippen LogP contribution in [0.5, 0.6) is 0 Å². The van der Waals surface area contributed by atoms with Crippen LogP contribution >= 0.6 is 14.5 Å². The van der Waals surface area contributed by atoms with Crippen LogP contribution in [0.1, 0.15) is 0 Å². The Bertz CT molecular complexity index is 1280. The monoisotopic (exact) mass is 696 g/mol. The second-order valence-electron chi connectivity index (χ2n) is 9.77. The topological polar surface area (TPSA) is 0 Å². The first-order valence-corrected chi connectivity index (χ1v) is 17.4. The third kappa shape index (κ3) is 6.04. The Hall–Kier alpha value is -2.86. The van der Waals surface area contributed by atoms with Gasteiger partial charge in [-0.25, -0.2) is 0 Å². The van der Waals surface area contributed by atoms with E-state index in [0.29, 0.717) is 0 Å². The van der Waals surface area contributed by atoms with Crippen molar-refractivity contribution in [1.82, 2.24) is 0 Å². The molecular formula is C37H32Br2P2. The molecule has 0 aliphatic carbocycles. The molecule has 0 aliphatic rings. The van der Waals surface area contributed by atoms with E-state index in [9.17, 15) is 0 Å². The summed E-state index contributed by atoms with van der Waals surface area (Å²) >= 11 is 0. The van der Waals surface area contributed by atoms with E-state index in [0.717, 1.165) is 5.90 Å². The minimum atomic E-state index is -2.12. The van der Waals surface area contributed by atoms with Crippen LogP contribution in [-0.4, -0.2) is 5.90 Å². The summed E-state index contributed by atoms with van der Waals surface area (Å²) in [5.41, 5.74) is 0. The summed E-state index contributed by atoms with van der Waals surface area (Å²) in [6.45, 7) is 0. The maximum atomic E-state index is 2.36. The summed E-state index contributed by atoms with van der Waals surface area (Å²) < 4.78 is 0. The smallest absolute Gasteiger partial charge is 0.188 e. The molecule has 0 N–H and O–H groups in total. The highest BCUT2D eigenvalue weighted by molar-refractivity contribution is 8.10. The second-order valence-corrected chi connectivity index (χ2v) is 17.2. The number of benzene rings is 6. The lowest BCUT2D eigenvalue weighted by molar-refractivity contribution is -0.00100. The number of halogens is 2. The number of hydrogen-bond acceptors (Lipinski definition) is 0. The highest BCUT2D eigenvalue weighted by Gasteiger charge is 2.59. The Labute approximate surface area is 266 Å². The average Bonchev–Trinajstić information content (AvgIpc) is 3.04. The molecule has 4 heteroatoms. The Balaban J connectivity index is 0.00000194. The van der Waals surface area contributed by atoms with E-state index in [-0.39, 0.29) is 34.0 Å². The average molecular weight is 698 g/mol. The van der Waals surface area contributed by atoms with Crippen molar-refractivity contribution in [3.8, 4) is 0 Å². The maximum absolute atomic E-state index is 2.36. The molecule has 0 spiro atoms. The van der Waals surface area contributed by atoms with E-state index >= 15 is 0 Å². The first-order valence-electron chi connectivity index (χ1n) is 13.4. The molecule has 0 amide bonds. The number of rotatable bonds is 8. The fourth-order valence-electron chi connectivity index (χ4n) is 5.80. The van der Waals surface area contributed by atoms with E-state index < -0.39 is 14.5 Å². The van der Waals surface area contributed by atoms with Gasteiger partial charge in [-0.05, 0) is 72.8 Å². The van der Waals surface area contributed by atoms with Crippen LogP contribution in [0.25, 0.3) is 0 Å². The van der Waals surface area contributed by atoms with Crippen LogP contribution in [0, 0.1) is 0 Å². The van der Waals surface area contributed by atoms with Crippen molar-refractivity contribution in [2.75, 3.05) is 5.90 Å². The zero-order valence-electron chi connectivity index (χ0n) is 22.7. The summed E-state index contributed by atoms with van der Waals surface area (Å²) in [6, 6.07) is 67.8. The van der Waals surface area contributed by atoms with Crippen molar-refractivity contribution in [2.24, 2.45) is 0 Å². The van der Waals surface area contributed by atoms with Crippen molar-refractivity contribution in [2.45, 2.75) is 0 Å². The van der Waals surface area contributed by atoms with E-state index in [1.165, 1.54) is 31.8 Å². The normalized spacial score (nSPS) is 11.1. The Morgan fingerprint density at radius 3 is 0.537 bits per heavy atom. The second kappa shape index (κ2) is 14.4. The van der Waals surface area contributed by atoms with Gasteiger partial charge in [-0.3, -0.25) is 0 Å². The van der Waals surface area contributed by atoms with Crippen molar-refractivity contribution < 1.29 is 34.0 Å². The van der Waals surface area contributed by atoms with E-state index in [1.54, 1.807) is 0 Å². The lowest BCUT2D eigenvalue weighted by Gasteiger charge is -2.34. The Morgan fingerprint density at radius 2 is 0.390 bits per heavy atom. The summed E-state index contributed by atoms with van der Waals surface area (Å²) in [6.07, 6.45) is 0. The van der Waals surface area contributed by atoms with Crippen molar-refractivity contribution >= 4 is 46.4 Å². The molecule has 0 saturated carbocycles. The van der Waals surface area contributed by atoms with Crippen molar-refractivity contribution in [3.05, 3.63) is 182 Å². The number of hydrogen-bond donors (Lipinski definition) is 0. The molecule has 6 aromatic carbocycles. The minimum absolute atomic E-state index is 0. The molecule has 0 bridgehead atoms. The lowest BCUT2D eigenvalue weighted by atomic mass is 10.4. The van der Waals surface area contributed by atoms with Crippen LogP contribution in [0.3, 0.4) is 0 Å². The van der Waals surface area contributed by atoms with Gasteiger partial charge < -0.3 is 34.0 Å². The standard InChI is InChI=1S/C37H32P2.2BrH/c1-7-19-32(20-8-1)38(33-21-9-2-10-22-33,34-23-11-3-12-24-34)31-39(35-25-13-4-14-26-35,36-27-15-5-16-28-36)37-29-17-6-18-30-37;;/h1-30H,31H2;2*1H/q+2;;/p-2. The zero-order chi connectivity index (χ0) is 26.4. The van der Waals surface area contributed by atoms with Gasteiger partial charge in [-0.1, -0.05) is 109 Å². The molecule has 0 radical (unpaired) electrons. The van der Waals surface area contributed by atoms with E-state index in [1.807, 2.05) is 0 Å². The minimum Gasteiger partial charge on any atom is -1.00 e. The van der Waals surface area contributed by atoms with Crippen molar-refractivity contribution in [1.29, 1.82) is 0 Å². The molecule has 0 aromatic heterocycles. The summed E-state index contributed by atoms with van der Waals surface area (Å²) in [4.78, 5) is 0. The van der Waals surface area contributed by atoms with Gasteiger partial charge in [0.25, 0.3) is 0 Å². The summed E-state index contributed by atoms with van der Waals surface area (Å²) in [5.74, 6) is 1.04. The van der Waals surface area contributed by atoms with Gasteiger partial charge in [0.1, 0.15) is 31.8 Å². The molecule has 204 valence electrons. The molecule has 0 nitrogen and oxygen atoms in total. The van der Waals surface area contributed by atoms with Gasteiger partial charge in [-0.2, -0.15) is 0 Å². The zero-order valence-corrected chi connectivity index (χ0v) is 27.6. The van der Waals surface area contributed by atoms with Crippen molar-refractivity contribution in [3.63, 3.8) is 0 Å². The highest BCUT2D eigenvalue weighted by atomic mass is 79.9. The highest BCUT2D eigenvalue weighted by Crippen LogP contribution is 2.70. The fourth-order valence-corrected chi connectivity index (χ4v) is 18.1. The molecule has 0 unspecified atom stereocenters. The van der Waals surface area contributed by atoms with Crippen LogP contribution in [0.2, 0.25) is 0 Å². The third-order valence-electron chi connectivity index (χ3n) is 7.61. The fraction of sp³-hybridized carbons (Fsp3) is 0.0270. The third-order valence-corrected chi connectivity index (χ3v) is 18.1. The predicted molar refractivity (Wildman–Crippen MR) is 175 cm³/mol. The molecular weight excluding hydrogens is 666 g/mol. The molecule has 0 atom stereocenters. The predicted octanol–water partition coefficient (Wildman–Crippen LogP) is 0.940. The summed E-state index contributed by atoms with van der Waals surface area (Å²) in [5, 5.41) is 8.55. The quantitative estimate of drug-likeness (QED) is 0.208. The van der Waals surface area contributed by atoms with Gasteiger partial charge in [0.05, 0.1) is 0 Å². The van der Waals surface area contributed by atoms with Crippen LogP contribution in [0.15, 0.2) is 182 Å². The molecule has 0 saturated heterocycles. The maximum Gasteiger partial charge on any atom is 0.188 e. The van der Waals surface area contributed by atoms with E-state index in [2.05, 4.69) is 182 Å². The largest absolute Gasteiger partial charge is 1.00 e. The first kappa shape index (κ1) is 31.1. The van der Waals surface area contributed by atoms with Crippen LogP contribution in [-0.2, 0) is 0 Å². The Kier molecular flexibility index (Phi) is 10.9. The molecule has 41 heavy (non-hydrogen) atoms. The van der Waals surface area contributed by atoms with Crippen LogP contribution in [0.4, 0.5) is 0 Å². The SMILES string of the molecule is [Br-].[Br-].c1ccc([P+](C[P+](c2ccccc2)(c2ccccc2)c2ccccc2)(c2ccccc2)c2ccccc2)cc1. The van der Waals surface area contributed by atoms with Gasteiger partial charge in [0, 0.05) is 0 Å². The first-order chi connectivity index (χ1) is 19.3. The van der Waals surface area contributed by atoms with E-state index in [4.69, 9.17) is 0 Å². The summed E-state index contributed by atoms with van der Waals surface area (Å²) in [7, 11) is -4.24. The lowest BCUT2D eigenvalue weighted by Crippen LogP contribution is -3.00. The van der Waals surface area contributed by atoms with Crippen LogP contribution < -0.4 is 65.8 Å². The molecule has 6 rings (SSSR count). The van der Waals surface area contributed by atoms with Gasteiger partial charge in [0.15, 0.2) is 20.4 Å². The van der Waals surface area contributed by atoms with Gasteiger partial charge in [-0.15, -0.1) is 0 Å². The molecule has 0 heterocycles. The van der Waals surface area contributed by atoms with Gasteiger partial charge in [0.2, 0.25) is 0 Å². The van der Waals surface area contributed by atoms with Gasteiger partial charge >= 0.3 is 0 Å². The molecule has 0 fully saturated rings. The molecule has 6 aromatic rings. The Morgan fingerprint density at radius 1 is 0.244 bits per heavy atom. The molecule has 0 aliphatic heterocycles.